The molecule has 7 nitrogen and oxygen atoms in total. The minimum absolute atomic E-state index is 0.0681. The molecule has 0 radical (unpaired) electrons. The van der Waals surface area contributed by atoms with Crippen molar-refractivity contribution < 1.29 is 19.4 Å². The van der Waals surface area contributed by atoms with Gasteiger partial charge in [-0.2, -0.15) is 0 Å². The van der Waals surface area contributed by atoms with Gasteiger partial charge in [-0.1, -0.05) is 87.3 Å². The van der Waals surface area contributed by atoms with E-state index >= 15 is 0 Å². The van der Waals surface area contributed by atoms with E-state index in [1.54, 1.807) is 30.3 Å². The van der Waals surface area contributed by atoms with Crippen LogP contribution in [-0.2, 0) is 9.59 Å². The SMILES string of the molecule is CC(C)C[C@H](NC(=O)C(Cl)Oc1cccc(Cl)c1)C(=O)N[C@@H](C(C)C)[C@@H](O)c1c(-c2ccccc2)c1=O. The van der Waals surface area contributed by atoms with Gasteiger partial charge in [0.2, 0.25) is 11.5 Å². The molecule has 198 valence electrons. The van der Waals surface area contributed by atoms with Gasteiger partial charge in [-0.3, -0.25) is 14.4 Å². The number of aliphatic hydroxyl groups is 1. The molecular formula is C28H32Cl2N2O5. The molecule has 37 heavy (non-hydrogen) atoms. The van der Waals surface area contributed by atoms with E-state index in [9.17, 15) is 19.5 Å². The lowest BCUT2D eigenvalue weighted by Gasteiger charge is -2.29. The minimum Gasteiger partial charge on any atom is -0.465 e. The molecule has 0 fully saturated rings. The first kappa shape index (κ1) is 28.7. The number of alkyl halides is 1. The number of nitrogens with one attached hydrogen (secondary N) is 2. The Hall–Kier alpha value is -2.87. The van der Waals surface area contributed by atoms with Gasteiger partial charge in [-0.05, 0) is 42.0 Å². The fourth-order valence-corrected chi connectivity index (χ4v) is 4.41. The van der Waals surface area contributed by atoms with Crippen molar-refractivity contribution in [1.29, 1.82) is 0 Å². The van der Waals surface area contributed by atoms with E-state index in [2.05, 4.69) is 10.6 Å². The number of hydrogen-bond acceptors (Lipinski definition) is 5. The molecular weight excluding hydrogens is 515 g/mol. The van der Waals surface area contributed by atoms with Crippen LogP contribution in [0.1, 0.15) is 45.8 Å². The topological polar surface area (TPSA) is 105 Å². The second-order valence-electron chi connectivity index (χ2n) is 9.79. The number of benzene rings is 2. The van der Waals surface area contributed by atoms with Crippen LogP contribution in [0.2, 0.25) is 5.02 Å². The van der Waals surface area contributed by atoms with Crippen LogP contribution in [0.25, 0.3) is 11.1 Å². The molecule has 3 aromatic carbocycles. The van der Waals surface area contributed by atoms with Gasteiger partial charge in [-0.15, -0.1) is 0 Å². The van der Waals surface area contributed by atoms with Crippen LogP contribution in [0.15, 0.2) is 59.4 Å². The summed E-state index contributed by atoms with van der Waals surface area (Å²) >= 11 is 12.1. The zero-order valence-corrected chi connectivity index (χ0v) is 22.7. The third kappa shape index (κ3) is 7.57. The maximum atomic E-state index is 13.3. The van der Waals surface area contributed by atoms with Gasteiger partial charge in [0.1, 0.15) is 17.9 Å². The maximum absolute atomic E-state index is 13.3. The van der Waals surface area contributed by atoms with E-state index in [1.165, 1.54) is 6.07 Å². The first-order valence-corrected chi connectivity index (χ1v) is 13.0. The lowest BCUT2D eigenvalue weighted by Crippen LogP contribution is -2.54. The highest BCUT2D eigenvalue weighted by atomic mass is 35.5. The summed E-state index contributed by atoms with van der Waals surface area (Å²) in [6, 6.07) is 13.9. The standard InChI is InChI=1S/C28H32Cl2N2O5/c1-15(2)13-20(31-28(36)26(30)37-19-12-8-11-18(29)14-19)27(35)32-23(16(3)4)25(34)22-21(24(22)33)17-9-6-5-7-10-17/h5-12,14-16,20,23,25-26,34H,13H2,1-4H3,(H,31,36)(H,32,35)/t20-,23-,25-,26?/m0/s1. The molecule has 3 rings (SSSR count). The molecule has 1 unspecified atom stereocenters. The van der Waals surface area contributed by atoms with Crippen molar-refractivity contribution in [2.24, 2.45) is 11.8 Å². The number of carbonyl (C=O) groups excluding carboxylic acids is 2. The quantitative estimate of drug-likeness (QED) is 0.288. The zero-order chi connectivity index (χ0) is 27.3. The number of rotatable bonds is 12. The van der Waals surface area contributed by atoms with Gasteiger partial charge in [0.15, 0.2) is 5.43 Å². The Bertz CT molecular complexity index is 1220. The van der Waals surface area contributed by atoms with Crippen LogP contribution < -0.4 is 20.8 Å². The predicted octanol–water partition coefficient (Wildman–Crippen LogP) is 4.59. The molecule has 4 atom stereocenters. The van der Waals surface area contributed by atoms with Gasteiger partial charge in [0.25, 0.3) is 5.91 Å². The summed E-state index contributed by atoms with van der Waals surface area (Å²) < 4.78 is 5.46. The lowest BCUT2D eigenvalue weighted by atomic mass is 9.95. The summed E-state index contributed by atoms with van der Waals surface area (Å²) in [5.74, 6) is -0.985. The second kappa shape index (κ2) is 12.6. The molecule has 0 spiro atoms. The summed E-state index contributed by atoms with van der Waals surface area (Å²) in [5, 5.41) is 17.0. The molecule has 3 aromatic rings. The molecule has 3 N–H and O–H groups in total. The predicted molar refractivity (Wildman–Crippen MR) is 145 cm³/mol. The van der Waals surface area contributed by atoms with Crippen molar-refractivity contribution in [3.63, 3.8) is 0 Å². The van der Waals surface area contributed by atoms with E-state index in [0.29, 0.717) is 28.3 Å². The molecule has 0 bridgehead atoms. The Labute approximate surface area is 226 Å². The minimum atomic E-state index is -1.39. The largest absolute Gasteiger partial charge is 0.465 e. The fraction of sp³-hybridized carbons (Fsp3) is 0.393. The Morgan fingerprint density at radius 3 is 2.24 bits per heavy atom. The number of amides is 2. The van der Waals surface area contributed by atoms with Gasteiger partial charge >= 0.3 is 0 Å². The Morgan fingerprint density at radius 1 is 0.973 bits per heavy atom. The normalized spacial score (nSPS) is 14.8. The maximum Gasteiger partial charge on any atom is 0.277 e. The monoisotopic (exact) mass is 546 g/mol. The smallest absolute Gasteiger partial charge is 0.277 e. The Balaban J connectivity index is 1.71. The van der Waals surface area contributed by atoms with Crippen molar-refractivity contribution in [3.8, 4) is 16.9 Å². The average molecular weight is 547 g/mol. The first-order chi connectivity index (χ1) is 17.5. The number of hydrogen-bond donors (Lipinski definition) is 3. The highest BCUT2D eigenvalue weighted by Crippen LogP contribution is 2.33. The number of carbonyl (C=O) groups is 2. The van der Waals surface area contributed by atoms with Crippen molar-refractivity contribution in [2.45, 2.75) is 57.9 Å². The highest BCUT2D eigenvalue weighted by molar-refractivity contribution is 6.31. The number of aliphatic hydroxyl groups excluding tert-OH is 1. The van der Waals surface area contributed by atoms with Gasteiger partial charge in [0, 0.05) is 16.1 Å². The summed E-state index contributed by atoms with van der Waals surface area (Å²) in [6.45, 7) is 7.52. The summed E-state index contributed by atoms with van der Waals surface area (Å²) in [5.41, 5.74) is -0.106. The van der Waals surface area contributed by atoms with Crippen LogP contribution in [-0.4, -0.2) is 34.6 Å². The van der Waals surface area contributed by atoms with Crippen LogP contribution >= 0.6 is 23.2 Å². The first-order valence-electron chi connectivity index (χ1n) is 12.2. The van der Waals surface area contributed by atoms with Crippen LogP contribution in [0.3, 0.4) is 0 Å². The molecule has 0 saturated carbocycles. The van der Waals surface area contributed by atoms with Crippen molar-refractivity contribution in [1.82, 2.24) is 10.6 Å². The lowest BCUT2D eigenvalue weighted by molar-refractivity contribution is -0.132. The summed E-state index contributed by atoms with van der Waals surface area (Å²) in [6.07, 6.45) is -0.857. The van der Waals surface area contributed by atoms with Crippen molar-refractivity contribution in [2.75, 3.05) is 0 Å². The van der Waals surface area contributed by atoms with Crippen LogP contribution in [0.5, 0.6) is 5.75 Å². The van der Waals surface area contributed by atoms with Crippen molar-refractivity contribution in [3.05, 3.63) is 75.4 Å². The zero-order valence-electron chi connectivity index (χ0n) is 21.2. The molecule has 0 heterocycles. The van der Waals surface area contributed by atoms with Gasteiger partial charge < -0.3 is 20.5 Å². The molecule has 0 aliphatic rings. The van der Waals surface area contributed by atoms with Gasteiger partial charge in [-0.25, -0.2) is 0 Å². The molecule has 2 amide bonds. The van der Waals surface area contributed by atoms with E-state index in [0.717, 1.165) is 5.56 Å². The molecule has 0 saturated heterocycles. The Morgan fingerprint density at radius 2 is 1.65 bits per heavy atom. The van der Waals surface area contributed by atoms with E-state index in [4.69, 9.17) is 27.9 Å². The third-order valence-electron chi connectivity index (χ3n) is 5.99. The third-order valence-corrected chi connectivity index (χ3v) is 6.51. The second-order valence-corrected chi connectivity index (χ2v) is 10.6. The summed E-state index contributed by atoms with van der Waals surface area (Å²) in [7, 11) is 0. The molecule has 0 aliphatic heterocycles. The van der Waals surface area contributed by atoms with E-state index in [-0.39, 0.29) is 17.3 Å². The molecule has 0 aromatic heterocycles. The fourth-order valence-electron chi connectivity index (χ4n) is 4.07. The Kier molecular flexibility index (Phi) is 9.76. The molecule has 0 aliphatic carbocycles. The molecule has 9 heteroatoms. The van der Waals surface area contributed by atoms with E-state index in [1.807, 2.05) is 45.9 Å². The van der Waals surface area contributed by atoms with Crippen LogP contribution in [0, 0.1) is 11.8 Å². The number of halogens is 2. The van der Waals surface area contributed by atoms with Crippen LogP contribution in [0.4, 0.5) is 0 Å². The number of ether oxygens (including phenoxy) is 1. The van der Waals surface area contributed by atoms with Crippen molar-refractivity contribution >= 4 is 35.0 Å². The van der Waals surface area contributed by atoms with E-state index < -0.39 is 35.6 Å². The van der Waals surface area contributed by atoms with Gasteiger partial charge in [0.05, 0.1) is 6.04 Å². The highest BCUT2D eigenvalue weighted by Gasteiger charge is 2.38. The summed E-state index contributed by atoms with van der Waals surface area (Å²) in [4.78, 5) is 38.6. The average Bonchev–Trinajstić information content (AvgIpc) is 3.52.